The first kappa shape index (κ1) is 8.77. The van der Waals surface area contributed by atoms with Gasteiger partial charge in [0.05, 0.1) is 6.10 Å². The van der Waals surface area contributed by atoms with Crippen LogP contribution in [0.3, 0.4) is 0 Å². The van der Waals surface area contributed by atoms with Crippen LogP contribution in [0.2, 0.25) is 0 Å². The molecule has 5 heteroatoms. The van der Waals surface area contributed by atoms with Crippen molar-refractivity contribution < 1.29 is 24.1 Å². The molecule has 2 aliphatic heterocycles. The molecule has 0 saturated carbocycles. The van der Waals surface area contributed by atoms with Crippen LogP contribution in [0.1, 0.15) is 13.8 Å². The number of hydrogen-bond donors (Lipinski definition) is 1. The Morgan fingerprint density at radius 3 is 3.00 bits per heavy atom. The molecule has 0 radical (unpaired) electrons. The fourth-order valence-corrected chi connectivity index (χ4v) is 1.69. The van der Waals surface area contributed by atoms with Crippen molar-refractivity contribution in [2.75, 3.05) is 6.61 Å². The number of fused-ring (bicyclic) bond motifs is 1. The second-order valence-corrected chi connectivity index (χ2v) is 3.64. The van der Waals surface area contributed by atoms with Gasteiger partial charge >= 0.3 is 6.16 Å². The zero-order chi connectivity index (χ0) is 9.64. The van der Waals surface area contributed by atoms with E-state index in [0.29, 0.717) is 0 Å². The molecule has 1 unspecified atom stereocenters. The molecule has 2 rings (SSSR count). The molecule has 13 heavy (non-hydrogen) atoms. The topological polar surface area (TPSA) is 65.0 Å². The zero-order valence-electron chi connectivity index (χ0n) is 7.52. The number of carbonyl (C=O) groups excluding carboxylic acids is 1. The Labute approximate surface area is 75.6 Å². The van der Waals surface area contributed by atoms with Gasteiger partial charge < -0.3 is 19.3 Å². The molecule has 2 heterocycles. The van der Waals surface area contributed by atoms with E-state index < -0.39 is 17.9 Å². The van der Waals surface area contributed by atoms with Crippen molar-refractivity contribution in [3.8, 4) is 0 Å². The van der Waals surface area contributed by atoms with E-state index in [1.54, 1.807) is 13.8 Å². The van der Waals surface area contributed by atoms with Gasteiger partial charge in [-0.05, 0) is 13.8 Å². The van der Waals surface area contributed by atoms with Crippen molar-refractivity contribution in [1.29, 1.82) is 0 Å². The molecule has 0 aromatic heterocycles. The highest BCUT2D eigenvalue weighted by Gasteiger charge is 2.55. The third-order valence-corrected chi connectivity index (χ3v) is 2.70. The van der Waals surface area contributed by atoms with Gasteiger partial charge in [0.15, 0.2) is 6.10 Å². The Bertz CT molecular complexity index is 237. The van der Waals surface area contributed by atoms with Gasteiger partial charge in [0.2, 0.25) is 0 Å². The van der Waals surface area contributed by atoms with Crippen LogP contribution in [0.15, 0.2) is 0 Å². The maximum absolute atomic E-state index is 10.8. The predicted octanol–water partition coefficient (Wildman–Crippen LogP) is 0.0601. The largest absolute Gasteiger partial charge is 0.508 e. The first-order valence-electron chi connectivity index (χ1n) is 4.23. The van der Waals surface area contributed by atoms with Crippen LogP contribution in [-0.4, -0.2) is 41.8 Å². The molecule has 5 nitrogen and oxygen atoms in total. The second kappa shape index (κ2) is 2.59. The first-order chi connectivity index (χ1) is 6.01. The van der Waals surface area contributed by atoms with Crippen molar-refractivity contribution in [2.24, 2.45) is 0 Å². The highest BCUT2D eigenvalue weighted by atomic mass is 16.8. The third kappa shape index (κ3) is 1.19. The average molecular weight is 188 g/mol. The highest BCUT2D eigenvalue weighted by Crippen LogP contribution is 2.35. The van der Waals surface area contributed by atoms with Crippen LogP contribution in [0.25, 0.3) is 0 Å². The molecule has 0 bridgehead atoms. The molecular formula is C8H12O5. The third-order valence-electron chi connectivity index (χ3n) is 2.70. The summed E-state index contributed by atoms with van der Waals surface area (Å²) in [6.45, 7) is 3.50. The van der Waals surface area contributed by atoms with Crippen LogP contribution in [0.5, 0.6) is 0 Å². The molecule has 74 valence electrons. The van der Waals surface area contributed by atoms with Crippen LogP contribution in [0.4, 0.5) is 4.79 Å². The second-order valence-electron chi connectivity index (χ2n) is 3.64. The molecule has 0 spiro atoms. The molecular weight excluding hydrogens is 176 g/mol. The van der Waals surface area contributed by atoms with E-state index in [-0.39, 0.29) is 18.8 Å². The lowest BCUT2D eigenvalue weighted by atomic mass is 9.93. The molecule has 0 aliphatic carbocycles. The number of cyclic esters (lactones) is 1. The average Bonchev–Trinajstić information content (AvgIpc) is 2.27. The number of carbonyl (C=O) groups is 1. The van der Waals surface area contributed by atoms with Crippen LogP contribution in [-0.2, 0) is 14.2 Å². The van der Waals surface area contributed by atoms with E-state index in [0.717, 1.165) is 0 Å². The maximum atomic E-state index is 10.8. The normalized spacial score (nSPS) is 49.5. The Morgan fingerprint density at radius 2 is 2.31 bits per heavy atom. The summed E-state index contributed by atoms with van der Waals surface area (Å²) in [7, 11) is 0. The first-order valence-corrected chi connectivity index (χ1v) is 4.23. The standard InChI is InChI=1S/C8H12O5/c1-4-8(2,10)6-5(12-4)3-11-7(9)13-6/h4-6,10H,3H2,1-2H3/t4-,5+,6?,8+/m0/s1. The Hall–Kier alpha value is -0.810. The summed E-state index contributed by atoms with van der Waals surface area (Å²) in [5, 5.41) is 9.92. The molecule has 0 aromatic rings. The molecule has 2 aliphatic rings. The van der Waals surface area contributed by atoms with E-state index in [2.05, 4.69) is 4.74 Å². The van der Waals surface area contributed by atoms with Crippen molar-refractivity contribution in [3.05, 3.63) is 0 Å². The molecule has 1 N–H and O–H groups in total. The van der Waals surface area contributed by atoms with E-state index in [9.17, 15) is 9.90 Å². The van der Waals surface area contributed by atoms with Gasteiger partial charge in [-0.1, -0.05) is 0 Å². The van der Waals surface area contributed by atoms with E-state index in [1.807, 2.05) is 0 Å². The molecule has 0 amide bonds. The van der Waals surface area contributed by atoms with Gasteiger partial charge in [-0.3, -0.25) is 0 Å². The van der Waals surface area contributed by atoms with Crippen molar-refractivity contribution in [3.63, 3.8) is 0 Å². The Kier molecular flexibility index (Phi) is 1.75. The summed E-state index contributed by atoms with van der Waals surface area (Å²) < 4.78 is 14.9. The van der Waals surface area contributed by atoms with Crippen molar-refractivity contribution in [1.82, 2.24) is 0 Å². The zero-order valence-corrected chi connectivity index (χ0v) is 7.52. The number of hydrogen-bond acceptors (Lipinski definition) is 5. The molecule has 2 saturated heterocycles. The summed E-state index contributed by atoms with van der Waals surface area (Å²) >= 11 is 0. The molecule has 0 aromatic carbocycles. The summed E-state index contributed by atoms with van der Waals surface area (Å²) in [6.07, 6.45) is -2.04. The summed E-state index contributed by atoms with van der Waals surface area (Å²) in [6, 6.07) is 0. The summed E-state index contributed by atoms with van der Waals surface area (Å²) in [4.78, 5) is 10.8. The van der Waals surface area contributed by atoms with Gasteiger partial charge in [-0.15, -0.1) is 0 Å². The lowest BCUT2D eigenvalue weighted by Crippen LogP contribution is -2.50. The Morgan fingerprint density at radius 1 is 1.62 bits per heavy atom. The maximum Gasteiger partial charge on any atom is 0.508 e. The van der Waals surface area contributed by atoms with E-state index in [1.165, 1.54) is 0 Å². The molecule has 4 atom stereocenters. The minimum atomic E-state index is -1.12. The number of rotatable bonds is 0. The fourth-order valence-electron chi connectivity index (χ4n) is 1.69. The summed E-state index contributed by atoms with van der Waals surface area (Å²) in [5.41, 5.74) is -1.12. The SMILES string of the molecule is C[C@@H]1O[C@@H]2COC(=O)OC2[C@]1(C)O. The minimum Gasteiger partial charge on any atom is -0.431 e. The number of ether oxygens (including phenoxy) is 3. The lowest BCUT2D eigenvalue weighted by molar-refractivity contribution is -0.110. The van der Waals surface area contributed by atoms with Crippen molar-refractivity contribution in [2.45, 2.75) is 37.8 Å². The molecule has 2 fully saturated rings. The number of aliphatic hydroxyl groups is 1. The van der Waals surface area contributed by atoms with Gasteiger partial charge in [0.1, 0.15) is 18.3 Å². The smallest absolute Gasteiger partial charge is 0.431 e. The minimum absolute atomic E-state index is 0.157. The van der Waals surface area contributed by atoms with Crippen LogP contribution in [0, 0.1) is 0 Å². The monoisotopic (exact) mass is 188 g/mol. The predicted molar refractivity (Wildman–Crippen MR) is 41.2 cm³/mol. The van der Waals surface area contributed by atoms with Crippen LogP contribution < -0.4 is 0 Å². The van der Waals surface area contributed by atoms with E-state index in [4.69, 9.17) is 9.47 Å². The van der Waals surface area contributed by atoms with Gasteiger partial charge in [0.25, 0.3) is 0 Å². The van der Waals surface area contributed by atoms with Crippen LogP contribution >= 0.6 is 0 Å². The fraction of sp³-hybridized carbons (Fsp3) is 0.875. The Balaban J connectivity index is 2.20. The van der Waals surface area contributed by atoms with Gasteiger partial charge in [-0.2, -0.15) is 0 Å². The van der Waals surface area contributed by atoms with Crippen molar-refractivity contribution >= 4 is 6.16 Å². The van der Waals surface area contributed by atoms with E-state index >= 15 is 0 Å². The van der Waals surface area contributed by atoms with Gasteiger partial charge in [-0.25, -0.2) is 4.79 Å². The highest BCUT2D eigenvalue weighted by molar-refractivity contribution is 5.61. The lowest BCUT2D eigenvalue weighted by Gasteiger charge is -2.30. The quantitative estimate of drug-likeness (QED) is 0.544. The summed E-state index contributed by atoms with van der Waals surface area (Å²) in [5.74, 6) is 0. The van der Waals surface area contributed by atoms with Gasteiger partial charge in [0, 0.05) is 0 Å².